The van der Waals surface area contributed by atoms with Crippen LogP contribution >= 0.6 is 0 Å². The van der Waals surface area contributed by atoms with Crippen LogP contribution in [0.5, 0.6) is 0 Å². The second kappa shape index (κ2) is 5.31. The van der Waals surface area contributed by atoms with Crippen molar-refractivity contribution in [3.8, 4) is 0 Å². The molecule has 0 radical (unpaired) electrons. The van der Waals surface area contributed by atoms with Crippen molar-refractivity contribution >= 4 is 11.6 Å². The number of halogens is 1. The summed E-state index contributed by atoms with van der Waals surface area (Å²) in [5, 5.41) is 20.4. The molecule has 1 aromatic carbocycles. The fraction of sp³-hybridized carbons (Fsp3) is 0.417. The molecule has 0 saturated carbocycles. The largest absolute Gasteiger partial charge is 0.389 e. The summed E-state index contributed by atoms with van der Waals surface area (Å²) in [5.41, 5.74) is -1.95. The van der Waals surface area contributed by atoms with Gasteiger partial charge in [-0.15, -0.1) is 0 Å². The van der Waals surface area contributed by atoms with E-state index in [1.165, 1.54) is 20.9 Å². The molecule has 7 heteroatoms. The molecule has 0 atom stereocenters. The molecule has 1 amide bonds. The lowest BCUT2D eigenvalue weighted by Crippen LogP contribution is -2.39. The van der Waals surface area contributed by atoms with Crippen LogP contribution in [-0.4, -0.2) is 40.0 Å². The Bertz CT molecular complexity index is 511. The molecule has 0 fully saturated rings. The highest BCUT2D eigenvalue weighted by Gasteiger charge is 2.26. The molecule has 0 aliphatic heterocycles. The van der Waals surface area contributed by atoms with Crippen molar-refractivity contribution in [2.75, 3.05) is 13.6 Å². The molecule has 6 nitrogen and oxygen atoms in total. The van der Waals surface area contributed by atoms with Crippen molar-refractivity contribution in [3.05, 3.63) is 39.7 Å². The summed E-state index contributed by atoms with van der Waals surface area (Å²) in [5.74, 6) is -1.45. The maximum Gasteiger partial charge on any atom is 0.282 e. The quantitative estimate of drug-likeness (QED) is 0.665. The van der Waals surface area contributed by atoms with Crippen LogP contribution in [0.25, 0.3) is 0 Å². The topological polar surface area (TPSA) is 83.7 Å². The smallest absolute Gasteiger partial charge is 0.282 e. The third-order valence-corrected chi connectivity index (χ3v) is 2.36. The number of hydrogen-bond acceptors (Lipinski definition) is 4. The van der Waals surface area contributed by atoms with Gasteiger partial charge in [-0.05, 0) is 26.0 Å². The van der Waals surface area contributed by atoms with Crippen LogP contribution < -0.4 is 0 Å². The van der Waals surface area contributed by atoms with Crippen LogP contribution in [-0.2, 0) is 0 Å². The van der Waals surface area contributed by atoms with E-state index in [4.69, 9.17) is 0 Å². The molecule has 0 aliphatic rings. The molecule has 0 aromatic heterocycles. The highest BCUT2D eigenvalue weighted by molar-refractivity contribution is 5.98. The average molecular weight is 270 g/mol. The number of aliphatic hydroxyl groups is 1. The second-order valence-corrected chi connectivity index (χ2v) is 4.89. The van der Waals surface area contributed by atoms with Crippen LogP contribution in [0.1, 0.15) is 24.2 Å². The van der Waals surface area contributed by atoms with Crippen molar-refractivity contribution in [2.45, 2.75) is 19.4 Å². The Hall–Kier alpha value is -2.02. The van der Waals surface area contributed by atoms with Crippen molar-refractivity contribution in [2.24, 2.45) is 0 Å². The number of benzene rings is 1. The van der Waals surface area contributed by atoms with Crippen molar-refractivity contribution in [3.63, 3.8) is 0 Å². The van der Waals surface area contributed by atoms with Crippen LogP contribution in [0.15, 0.2) is 18.2 Å². The minimum atomic E-state index is -1.15. The van der Waals surface area contributed by atoms with Gasteiger partial charge in [0, 0.05) is 19.7 Å². The number of nitro groups is 1. The minimum Gasteiger partial charge on any atom is -0.389 e. The first kappa shape index (κ1) is 15.0. The molecule has 0 heterocycles. The minimum absolute atomic E-state index is 0.0283. The van der Waals surface area contributed by atoms with Crippen molar-refractivity contribution in [1.29, 1.82) is 0 Å². The van der Waals surface area contributed by atoms with E-state index in [2.05, 4.69) is 0 Å². The fourth-order valence-electron chi connectivity index (χ4n) is 1.70. The number of hydrogen-bond donors (Lipinski definition) is 1. The predicted octanol–water partition coefficient (Wildman–Crippen LogP) is 1.58. The van der Waals surface area contributed by atoms with E-state index >= 15 is 0 Å². The van der Waals surface area contributed by atoms with Gasteiger partial charge < -0.3 is 10.0 Å². The van der Waals surface area contributed by atoms with Gasteiger partial charge >= 0.3 is 0 Å². The third kappa shape index (κ3) is 3.99. The van der Waals surface area contributed by atoms with Gasteiger partial charge in [0.05, 0.1) is 10.5 Å². The summed E-state index contributed by atoms with van der Waals surface area (Å²) in [7, 11) is 1.38. The summed E-state index contributed by atoms with van der Waals surface area (Å²) < 4.78 is 13.1. The van der Waals surface area contributed by atoms with Gasteiger partial charge in [0.2, 0.25) is 0 Å². The Kier molecular flexibility index (Phi) is 4.21. The first-order valence-corrected chi connectivity index (χ1v) is 5.53. The normalized spacial score (nSPS) is 11.2. The molecule has 104 valence electrons. The van der Waals surface area contributed by atoms with Crippen LogP contribution in [0.2, 0.25) is 0 Å². The summed E-state index contributed by atoms with van der Waals surface area (Å²) in [6, 6.07) is 2.69. The van der Waals surface area contributed by atoms with Crippen LogP contribution in [0.4, 0.5) is 10.1 Å². The first-order valence-electron chi connectivity index (χ1n) is 5.53. The summed E-state index contributed by atoms with van der Waals surface area (Å²) in [6.07, 6.45) is 0. The lowest BCUT2D eigenvalue weighted by Gasteiger charge is -2.25. The van der Waals surface area contributed by atoms with E-state index in [9.17, 15) is 24.4 Å². The molecule has 0 saturated heterocycles. The Balaban J connectivity index is 3.11. The van der Waals surface area contributed by atoms with Gasteiger partial charge in [0.15, 0.2) is 0 Å². The van der Waals surface area contributed by atoms with Crippen molar-refractivity contribution < 1.29 is 19.2 Å². The number of rotatable bonds is 4. The molecule has 0 aliphatic carbocycles. The van der Waals surface area contributed by atoms with E-state index in [1.54, 1.807) is 0 Å². The number of nitro benzene ring substituents is 1. The number of carbonyl (C=O) groups is 1. The predicted molar refractivity (Wildman–Crippen MR) is 66.3 cm³/mol. The lowest BCUT2D eigenvalue weighted by atomic mass is 10.1. The van der Waals surface area contributed by atoms with Gasteiger partial charge in [0.25, 0.3) is 11.6 Å². The highest BCUT2D eigenvalue weighted by Crippen LogP contribution is 2.21. The molecule has 1 N–H and O–H groups in total. The zero-order valence-corrected chi connectivity index (χ0v) is 10.9. The van der Waals surface area contributed by atoms with E-state index in [1.807, 2.05) is 0 Å². The molecule has 0 spiro atoms. The third-order valence-electron chi connectivity index (χ3n) is 2.36. The Labute approximate surface area is 109 Å². The maximum atomic E-state index is 13.1. The zero-order chi connectivity index (χ0) is 14.8. The van der Waals surface area contributed by atoms with Crippen LogP contribution in [0, 0.1) is 15.9 Å². The molecule has 0 unspecified atom stereocenters. The van der Waals surface area contributed by atoms with E-state index in [0.717, 1.165) is 23.1 Å². The standard InChI is InChI=1S/C12H15FN2O4/c1-12(2,17)7-14(3)11(16)9-6-8(13)4-5-10(9)15(18)19/h4-6,17H,7H2,1-3H3. The Morgan fingerprint density at radius 3 is 2.58 bits per heavy atom. The first-order chi connectivity index (χ1) is 8.61. The van der Waals surface area contributed by atoms with E-state index in [-0.39, 0.29) is 12.1 Å². The monoisotopic (exact) mass is 270 g/mol. The average Bonchev–Trinajstić information content (AvgIpc) is 2.25. The van der Waals surface area contributed by atoms with Gasteiger partial charge in [-0.2, -0.15) is 0 Å². The fourth-order valence-corrected chi connectivity index (χ4v) is 1.70. The number of nitrogens with zero attached hydrogens (tertiary/aromatic N) is 2. The number of carbonyl (C=O) groups excluding carboxylic acids is 1. The summed E-state index contributed by atoms with van der Waals surface area (Å²) in [4.78, 5) is 23.2. The van der Waals surface area contributed by atoms with Gasteiger partial charge in [0.1, 0.15) is 11.4 Å². The number of amides is 1. The van der Waals surface area contributed by atoms with Gasteiger partial charge in [-0.3, -0.25) is 14.9 Å². The maximum absolute atomic E-state index is 13.1. The molecule has 1 rings (SSSR count). The lowest BCUT2D eigenvalue weighted by molar-refractivity contribution is -0.385. The highest BCUT2D eigenvalue weighted by atomic mass is 19.1. The zero-order valence-electron chi connectivity index (χ0n) is 10.9. The van der Waals surface area contributed by atoms with E-state index < -0.39 is 27.9 Å². The molecule has 0 bridgehead atoms. The summed E-state index contributed by atoms with van der Waals surface area (Å²) in [6.45, 7) is 2.97. The number of likely N-dealkylation sites (N-methyl/N-ethyl adjacent to an activating group) is 1. The SMILES string of the molecule is CN(CC(C)(C)O)C(=O)c1cc(F)ccc1[N+](=O)[O-]. The molecular formula is C12H15FN2O4. The van der Waals surface area contributed by atoms with Crippen molar-refractivity contribution in [1.82, 2.24) is 4.90 Å². The molecule has 19 heavy (non-hydrogen) atoms. The Morgan fingerprint density at radius 2 is 2.11 bits per heavy atom. The summed E-state index contributed by atoms with van der Waals surface area (Å²) >= 11 is 0. The van der Waals surface area contributed by atoms with Gasteiger partial charge in [-0.25, -0.2) is 4.39 Å². The van der Waals surface area contributed by atoms with E-state index in [0.29, 0.717) is 0 Å². The van der Waals surface area contributed by atoms with Gasteiger partial charge in [-0.1, -0.05) is 0 Å². The second-order valence-electron chi connectivity index (χ2n) is 4.89. The van der Waals surface area contributed by atoms with Crippen LogP contribution in [0.3, 0.4) is 0 Å². The Morgan fingerprint density at radius 1 is 1.53 bits per heavy atom. The molecule has 1 aromatic rings. The molecular weight excluding hydrogens is 255 g/mol.